The number of phosphoric acid groups is 1. The van der Waals surface area contributed by atoms with Gasteiger partial charge in [-0.15, -0.1) is 5.26 Å². The largest absolute Gasteiger partial charge is 1.00 e. The molecule has 0 aliphatic rings. The summed E-state index contributed by atoms with van der Waals surface area (Å²) in [5.74, 6) is 0. The molecule has 0 aliphatic heterocycles. The Balaban J connectivity index is -0.000000180. The Bertz CT molecular complexity index is 136. The van der Waals surface area contributed by atoms with Gasteiger partial charge in [0.2, 0.25) is 0 Å². The zero-order chi connectivity index (χ0) is 5.91. The van der Waals surface area contributed by atoms with Gasteiger partial charge in [-0.3, -0.25) is 4.57 Å². The van der Waals surface area contributed by atoms with Gasteiger partial charge in [0.25, 0.3) is 6.26 Å². The third kappa shape index (κ3) is 17.8. The summed E-state index contributed by atoms with van der Waals surface area (Å²) in [6, 6.07) is 0. The van der Waals surface area contributed by atoms with E-state index in [1.807, 2.05) is 0 Å². The molecule has 8 heteroatoms. The zero-order valence-corrected chi connectivity index (χ0v) is 7.67. The van der Waals surface area contributed by atoms with Crippen molar-refractivity contribution in [3.8, 4) is 6.26 Å². The maximum absolute atomic E-state index is 9.37. The van der Waals surface area contributed by atoms with Crippen molar-refractivity contribution in [2.45, 2.75) is 0 Å². The summed E-state index contributed by atoms with van der Waals surface area (Å²) >= 11 is 0. The van der Waals surface area contributed by atoms with Gasteiger partial charge in [-0.1, -0.05) is 0 Å². The molecule has 0 saturated carbocycles. The molecule has 48 valence electrons. The molecule has 1 unspecified atom stereocenters. The molecule has 0 aliphatic carbocycles. The Morgan fingerprint density at radius 3 is 2.11 bits per heavy atom. The van der Waals surface area contributed by atoms with E-state index in [4.69, 9.17) is 10.2 Å². The van der Waals surface area contributed by atoms with E-state index in [1.54, 1.807) is 0 Å². The van der Waals surface area contributed by atoms with Gasteiger partial charge in [0.1, 0.15) is 0 Å². The molecule has 4 N–H and O–H groups in total. The molecule has 0 amide bonds. The quantitative estimate of drug-likeness (QED) is 0.230. The van der Waals surface area contributed by atoms with Gasteiger partial charge < -0.3 is 20.5 Å². The van der Waals surface area contributed by atoms with Crippen molar-refractivity contribution in [2.75, 3.05) is 0 Å². The summed E-state index contributed by atoms with van der Waals surface area (Å²) in [5, 5.41) is 7.40. The molecule has 0 bridgehead atoms. The number of hydrogen-bond donors (Lipinski definition) is 2. The maximum Gasteiger partial charge on any atom is 1.00 e. The van der Waals surface area contributed by atoms with Gasteiger partial charge >= 0.3 is 37.4 Å². The monoisotopic (exact) mass is 162 g/mol. The normalized spacial score (nSPS) is 13.0. The van der Waals surface area contributed by atoms with Crippen LogP contribution in [-0.4, -0.2) is 4.89 Å². The topological polar surface area (TPSA) is 128 Å². The van der Waals surface area contributed by atoms with E-state index in [2.05, 4.69) is 4.52 Å². The fourth-order valence-electron chi connectivity index (χ4n) is 0.0516. The van der Waals surface area contributed by atoms with Crippen LogP contribution in [0.5, 0.6) is 0 Å². The number of nitriles is 1. The molecule has 0 saturated heterocycles. The second-order valence-electron chi connectivity index (χ2n) is 0.651. The fraction of sp³-hybridized carbons (Fsp3) is 0. The first-order chi connectivity index (χ1) is 3.06. The molecular weight excluding hydrogens is 158 g/mol. The molecule has 6 nitrogen and oxygen atoms in total. The Morgan fingerprint density at radius 2 is 2.11 bits per heavy atom. The predicted molar refractivity (Wildman–Crippen MR) is 21.5 cm³/mol. The van der Waals surface area contributed by atoms with Crippen molar-refractivity contribution in [3.05, 3.63) is 0 Å². The van der Waals surface area contributed by atoms with E-state index in [0.717, 1.165) is 6.26 Å². The van der Waals surface area contributed by atoms with Crippen LogP contribution >= 0.6 is 7.82 Å². The minimum Gasteiger partial charge on any atom is -0.746 e. The van der Waals surface area contributed by atoms with Crippen LogP contribution in [0, 0.1) is 11.5 Å². The summed E-state index contributed by atoms with van der Waals surface area (Å²) in [5.41, 5.74) is 0. The Morgan fingerprint density at radius 1 is 1.78 bits per heavy atom. The molecule has 0 aromatic rings. The molecule has 0 rings (SSSR count). The van der Waals surface area contributed by atoms with Crippen LogP contribution in [0.1, 0.15) is 0 Å². The minimum atomic E-state index is -4.78. The van der Waals surface area contributed by atoms with Crippen LogP contribution in [0.15, 0.2) is 0 Å². The Labute approximate surface area is 73.9 Å². The Hall–Kier alpha value is 0.400. The van der Waals surface area contributed by atoms with Crippen molar-refractivity contribution >= 4 is 7.82 Å². The molecule has 0 spiro atoms. The van der Waals surface area contributed by atoms with E-state index < -0.39 is 7.82 Å². The van der Waals surface area contributed by atoms with E-state index in [1.165, 1.54) is 0 Å². The SMILES string of the molecule is N.N#COP(=O)([O-])O.[Na+]. The second kappa shape index (κ2) is 6.52. The van der Waals surface area contributed by atoms with E-state index >= 15 is 0 Å². The average Bonchev–Trinajstić information content (AvgIpc) is 1.30. The van der Waals surface area contributed by atoms with E-state index in [0.29, 0.717) is 0 Å². The minimum absolute atomic E-state index is 0. The zero-order valence-electron chi connectivity index (χ0n) is 4.77. The maximum atomic E-state index is 9.37. The van der Waals surface area contributed by atoms with Gasteiger partial charge in [-0.2, -0.15) is 0 Å². The van der Waals surface area contributed by atoms with Crippen LogP contribution in [0.2, 0.25) is 0 Å². The number of phosphoric ester groups is 1. The van der Waals surface area contributed by atoms with Gasteiger partial charge in [0.15, 0.2) is 0 Å². The van der Waals surface area contributed by atoms with Crippen LogP contribution in [0.3, 0.4) is 0 Å². The first-order valence-electron chi connectivity index (χ1n) is 1.18. The smallest absolute Gasteiger partial charge is 0.746 e. The van der Waals surface area contributed by atoms with Gasteiger partial charge in [-0.05, 0) is 0 Å². The van der Waals surface area contributed by atoms with Crippen molar-refractivity contribution in [2.24, 2.45) is 0 Å². The van der Waals surface area contributed by atoms with Crippen molar-refractivity contribution < 1.29 is 48.4 Å². The molecular formula is CH4N2NaO4P. The van der Waals surface area contributed by atoms with Gasteiger partial charge in [0.05, 0.1) is 0 Å². The van der Waals surface area contributed by atoms with Gasteiger partial charge in [-0.25, -0.2) is 0 Å². The molecule has 0 aromatic heterocycles. The summed E-state index contributed by atoms with van der Waals surface area (Å²) < 4.78 is 12.5. The summed E-state index contributed by atoms with van der Waals surface area (Å²) in [6.07, 6.45) is 0.782. The first-order valence-corrected chi connectivity index (χ1v) is 2.67. The third-order valence-electron chi connectivity index (χ3n) is 0.156. The number of nitrogens with zero attached hydrogens (tertiary/aromatic N) is 1. The fourth-order valence-corrected chi connectivity index (χ4v) is 0.155. The standard InChI is InChI=1S/CH2NO4P.H3N.Na/c2-1-6-7(3,4)5;;/h(H2,3,4,5);1H3;/q;;+1/p-1. The van der Waals surface area contributed by atoms with Gasteiger partial charge in [0, 0.05) is 0 Å². The number of hydrogen-bond acceptors (Lipinski definition) is 5. The van der Waals surface area contributed by atoms with Crippen LogP contribution < -0.4 is 40.6 Å². The van der Waals surface area contributed by atoms with Crippen LogP contribution in [0.25, 0.3) is 0 Å². The van der Waals surface area contributed by atoms with Crippen molar-refractivity contribution in [1.29, 1.82) is 5.26 Å². The van der Waals surface area contributed by atoms with Crippen molar-refractivity contribution in [3.63, 3.8) is 0 Å². The summed E-state index contributed by atoms with van der Waals surface area (Å²) in [7, 11) is -4.78. The molecule has 0 aromatic carbocycles. The second-order valence-corrected chi connectivity index (χ2v) is 1.77. The van der Waals surface area contributed by atoms with Crippen LogP contribution in [-0.2, 0) is 9.09 Å². The van der Waals surface area contributed by atoms with E-state index in [-0.39, 0.29) is 35.7 Å². The molecule has 1 atom stereocenters. The molecule has 0 radical (unpaired) electrons. The predicted octanol–water partition coefficient (Wildman–Crippen LogP) is -3.89. The summed E-state index contributed by atoms with van der Waals surface area (Å²) in [6.45, 7) is 0. The first kappa shape index (κ1) is 16.2. The summed E-state index contributed by atoms with van der Waals surface area (Å²) in [4.78, 5) is 16.9. The Kier molecular flexibility index (Phi) is 11.7. The third-order valence-corrected chi connectivity index (χ3v) is 0.469. The average molecular weight is 162 g/mol. The molecule has 9 heavy (non-hydrogen) atoms. The molecule has 0 fully saturated rings. The van der Waals surface area contributed by atoms with Crippen LogP contribution in [0.4, 0.5) is 0 Å². The number of rotatable bonds is 1. The molecule has 0 heterocycles. The van der Waals surface area contributed by atoms with E-state index in [9.17, 15) is 9.46 Å². The van der Waals surface area contributed by atoms with Crippen molar-refractivity contribution in [1.82, 2.24) is 6.15 Å².